The van der Waals surface area contributed by atoms with Crippen molar-refractivity contribution < 1.29 is 44.5 Å². The number of methoxy groups -OCH3 is 1. The first-order chi connectivity index (χ1) is 12.3. The van der Waals surface area contributed by atoms with E-state index in [0.717, 1.165) is 6.08 Å². The standard InChI is InChI=1S/C17H22O9/c1-8-5-9(6-10(24-2)13(8)20)3-4-12(19)26-17-16(23)15(22)14(21)11(7-18)25-17/h3-6,11,14-18,20-23H,7H2,1-2H3/b4-3+. The zero-order valence-electron chi connectivity index (χ0n) is 14.3. The van der Waals surface area contributed by atoms with Crippen molar-refractivity contribution in [3.8, 4) is 11.5 Å². The summed E-state index contributed by atoms with van der Waals surface area (Å²) >= 11 is 0. The number of hydrogen-bond donors (Lipinski definition) is 5. The lowest BCUT2D eigenvalue weighted by Gasteiger charge is -2.38. The number of esters is 1. The first-order valence-corrected chi connectivity index (χ1v) is 7.85. The van der Waals surface area contributed by atoms with Gasteiger partial charge in [0.25, 0.3) is 0 Å². The minimum Gasteiger partial charge on any atom is -0.504 e. The molecule has 1 saturated heterocycles. The minimum atomic E-state index is -1.67. The monoisotopic (exact) mass is 370 g/mol. The van der Waals surface area contributed by atoms with Crippen LogP contribution in [0.4, 0.5) is 0 Å². The summed E-state index contributed by atoms with van der Waals surface area (Å²) in [5.41, 5.74) is 1.11. The average molecular weight is 370 g/mol. The maximum atomic E-state index is 11.9. The van der Waals surface area contributed by atoms with Gasteiger partial charge in [-0.3, -0.25) is 0 Å². The Morgan fingerprint density at radius 2 is 1.92 bits per heavy atom. The molecule has 5 unspecified atom stereocenters. The highest BCUT2D eigenvalue weighted by Crippen LogP contribution is 2.31. The molecular formula is C17H22O9. The van der Waals surface area contributed by atoms with Gasteiger partial charge in [-0.05, 0) is 36.3 Å². The smallest absolute Gasteiger partial charge is 0.333 e. The molecule has 0 spiro atoms. The summed E-state index contributed by atoms with van der Waals surface area (Å²) in [7, 11) is 1.40. The van der Waals surface area contributed by atoms with E-state index in [1.807, 2.05) is 0 Å². The van der Waals surface area contributed by atoms with Crippen molar-refractivity contribution in [2.45, 2.75) is 37.6 Å². The first-order valence-electron chi connectivity index (χ1n) is 7.85. The lowest BCUT2D eigenvalue weighted by atomic mass is 9.99. The SMILES string of the molecule is COc1cc(/C=C/C(=O)OC2OC(CO)C(O)C(O)C2O)cc(C)c1O. The fraction of sp³-hybridized carbons (Fsp3) is 0.471. The van der Waals surface area contributed by atoms with E-state index < -0.39 is 43.3 Å². The fourth-order valence-electron chi connectivity index (χ4n) is 2.51. The van der Waals surface area contributed by atoms with Gasteiger partial charge in [-0.1, -0.05) is 0 Å². The van der Waals surface area contributed by atoms with Gasteiger partial charge in [0.15, 0.2) is 11.5 Å². The molecular weight excluding hydrogens is 348 g/mol. The van der Waals surface area contributed by atoms with Crippen molar-refractivity contribution >= 4 is 12.0 Å². The molecule has 0 aliphatic carbocycles. The number of phenols is 1. The van der Waals surface area contributed by atoms with Gasteiger partial charge >= 0.3 is 5.97 Å². The van der Waals surface area contributed by atoms with Crippen LogP contribution in [0.25, 0.3) is 6.08 Å². The molecule has 0 saturated carbocycles. The maximum absolute atomic E-state index is 11.9. The number of ether oxygens (including phenoxy) is 3. The zero-order chi connectivity index (χ0) is 19.4. The molecule has 5 N–H and O–H groups in total. The number of rotatable bonds is 5. The topological polar surface area (TPSA) is 146 Å². The van der Waals surface area contributed by atoms with Crippen molar-refractivity contribution in [1.82, 2.24) is 0 Å². The second-order valence-corrected chi connectivity index (χ2v) is 5.86. The van der Waals surface area contributed by atoms with Crippen molar-refractivity contribution in [2.75, 3.05) is 13.7 Å². The highest BCUT2D eigenvalue weighted by Gasteiger charge is 2.45. The van der Waals surface area contributed by atoms with E-state index in [2.05, 4.69) is 0 Å². The molecule has 26 heavy (non-hydrogen) atoms. The normalized spacial score (nSPS) is 28.9. The van der Waals surface area contributed by atoms with Crippen LogP contribution >= 0.6 is 0 Å². The molecule has 0 amide bonds. The summed E-state index contributed by atoms with van der Waals surface area (Å²) < 4.78 is 15.0. The maximum Gasteiger partial charge on any atom is 0.333 e. The van der Waals surface area contributed by atoms with Gasteiger partial charge in [0.1, 0.15) is 24.4 Å². The number of aliphatic hydroxyl groups is 4. The van der Waals surface area contributed by atoms with E-state index in [1.165, 1.54) is 19.3 Å². The van der Waals surface area contributed by atoms with Crippen LogP contribution < -0.4 is 4.74 Å². The number of aliphatic hydroxyl groups excluding tert-OH is 4. The van der Waals surface area contributed by atoms with E-state index >= 15 is 0 Å². The third-order valence-corrected chi connectivity index (χ3v) is 4.00. The highest BCUT2D eigenvalue weighted by atomic mass is 16.7. The summed E-state index contributed by atoms with van der Waals surface area (Å²) in [5.74, 6) is -0.639. The molecule has 0 bridgehead atoms. The average Bonchev–Trinajstić information content (AvgIpc) is 2.62. The van der Waals surface area contributed by atoms with Gasteiger partial charge < -0.3 is 39.7 Å². The Labute approximate surface area is 149 Å². The molecule has 2 rings (SSSR count). The lowest BCUT2D eigenvalue weighted by Crippen LogP contribution is -2.59. The Hall–Kier alpha value is -2.17. The van der Waals surface area contributed by atoms with E-state index in [9.17, 15) is 25.2 Å². The third kappa shape index (κ3) is 4.32. The van der Waals surface area contributed by atoms with Crippen molar-refractivity contribution in [3.63, 3.8) is 0 Å². The fourth-order valence-corrected chi connectivity index (χ4v) is 2.51. The van der Waals surface area contributed by atoms with E-state index in [1.54, 1.807) is 13.0 Å². The van der Waals surface area contributed by atoms with Crippen LogP contribution in [0.3, 0.4) is 0 Å². The van der Waals surface area contributed by atoms with Gasteiger partial charge in [0, 0.05) is 6.08 Å². The van der Waals surface area contributed by atoms with E-state index in [4.69, 9.17) is 19.3 Å². The summed E-state index contributed by atoms with van der Waals surface area (Å²) in [4.78, 5) is 11.9. The first kappa shape index (κ1) is 20.1. The van der Waals surface area contributed by atoms with Gasteiger partial charge in [0.2, 0.25) is 6.29 Å². The largest absolute Gasteiger partial charge is 0.504 e. The van der Waals surface area contributed by atoms with Gasteiger partial charge in [-0.15, -0.1) is 0 Å². The summed E-state index contributed by atoms with van der Waals surface area (Å²) in [6.45, 7) is 1.04. The van der Waals surface area contributed by atoms with Crippen LogP contribution in [0, 0.1) is 6.92 Å². The highest BCUT2D eigenvalue weighted by molar-refractivity contribution is 5.87. The van der Waals surface area contributed by atoms with Crippen molar-refractivity contribution in [1.29, 1.82) is 0 Å². The number of carbonyl (C=O) groups excluding carboxylic acids is 1. The molecule has 144 valence electrons. The van der Waals surface area contributed by atoms with Crippen LogP contribution in [0.15, 0.2) is 18.2 Å². The van der Waals surface area contributed by atoms with E-state index in [-0.39, 0.29) is 11.5 Å². The number of hydrogen-bond acceptors (Lipinski definition) is 9. The molecule has 1 aromatic rings. The van der Waals surface area contributed by atoms with Crippen LogP contribution in [0.1, 0.15) is 11.1 Å². The Balaban J connectivity index is 2.06. The second-order valence-electron chi connectivity index (χ2n) is 5.86. The molecule has 0 radical (unpaired) electrons. The van der Waals surface area contributed by atoms with Crippen molar-refractivity contribution in [3.05, 3.63) is 29.3 Å². The molecule has 1 aliphatic rings. The quantitative estimate of drug-likeness (QED) is 0.327. The molecule has 1 fully saturated rings. The number of aryl methyl sites for hydroxylation is 1. The molecule has 1 aromatic carbocycles. The number of phenolic OH excluding ortho intramolecular Hbond substituents is 1. The van der Waals surface area contributed by atoms with Crippen LogP contribution in [-0.2, 0) is 14.3 Å². The van der Waals surface area contributed by atoms with Crippen LogP contribution in [0.2, 0.25) is 0 Å². The third-order valence-electron chi connectivity index (χ3n) is 4.00. The van der Waals surface area contributed by atoms with Gasteiger partial charge in [-0.25, -0.2) is 4.79 Å². The summed E-state index contributed by atoms with van der Waals surface area (Å²) in [5, 5.41) is 48.1. The predicted octanol–water partition coefficient (Wildman–Crippen LogP) is -0.934. The molecule has 9 nitrogen and oxygen atoms in total. The van der Waals surface area contributed by atoms with Crippen molar-refractivity contribution in [2.24, 2.45) is 0 Å². The molecule has 5 atom stereocenters. The Morgan fingerprint density at radius 3 is 2.54 bits per heavy atom. The minimum absolute atomic E-state index is 0.00598. The molecule has 9 heteroatoms. The van der Waals surface area contributed by atoms with Gasteiger partial charge in [-0.2, -0.15) is 0 Å². The second kappa shape index (κ2) is 8.47. The lowest BCUT2D eigenvalue weighted by molar-refractivity contribution is -0.291. The predicted molar refractivity (Wildman–Crippen MR) is 88.3 cm³/mol. The number of carbonyl (C=O) groups is 1. The summed E-state index contributed by atoms with van der Waals surface area (Å²) in [6, 6.07) is 3.13. The summed E-state index contributed by atoms with van der Waals surface area (Å²) in [6.07, 6.45) is -5.08. The van der Waals surface area contributed by atoms with Gasteiger partial charge in [0.05, 0.1) is 13.7 Å². The number of benzene rings is 1. The molecule has 0 aromatic heterocycles. The van der Waals surface area contributed by atoms with Crippen LogP contribution in [0.5, 0.6) is 11.5 Å². The zero-order valence-corrected chi connectivity index (χ0v) is 14.3. The Morgan fingerprint density at radius 1 is 1.23 bits per heavy atom. The van der Waals surface area contributed by atoms with E-state index in [0.29, 0.717) is 11.1 Å². The molecule has 1 aliphatic heterocycles. The van der Waals surface area contributed by atoms with Crippen LogP contribution in [-0.4, -0.2) is 75.9 Å². The Kier molecular flexibility index (Phi) is 6.57. The number of aromatic hydroxyl groups is 1. The Bertz CT molecular complexity index is 670. The molecule has 1 heterocycles.